The van der Waals surface area contributed by atoms with Crippen molar-refractivity contribution in [3.05, 3.63) is 71.6 Å². The Morgan fingerprint density at radius 3 is 2.58 bits per heavy atom. The Kier molecular flexibility index (Phi) is 7.21. The van der Waals surface area contributed by atoms with E-state index >= 15 is 0 Å². The fourth-order valence-corrected chi connectivity index (χ4v) is 2.61. The van der Waals surface area contributed by atoms with Gasteiger partial charge < -0.3 is 5.32 Å². The van der Waals surface area contributed by atoms with Crippen LogP contribution in [-0.4, -0.2) is 17.4 Å². The van der Waals surface area contributed by atoms with E-state index in [1.54, 1.807) is 13.1 Å². The zero-order chi connectivity index (χ0) is 17.2. The molecule has 0 fully saturated rings. The molecule has 1 N–H and O–H groups in total. The Labute approximate surface area is 144 Å². The molecule has 1 aromatic carbocycles. The molecule has 0 aliphatic heterocycles. The summed E-state index contributed by atoms with van der Waals surface area (Å²) in [5.41, 5.74) is 4.83. The third-order valence-corrected chi connectivity index (χ3v) is 3.93. The molecule has 0 spiro atoms. The second-order valence-electron chi connectivity index (χ2n) is 5.93. The smallest absolute Gasteiger partial charge is 0.216 e. The minimum Gasteiger partial charge on any atom is -0.356 e. The fourth-order valence-electron chi connectivity index (χ4n) is 2.61. The van der Waals surface area contributed by atoms with Crippen LogP contribution in [0.4, 0.5) is 0 Å². The predicted molar refractivity (Wildman–Crippen MR) is 99.7 cm³/mol. The van der Waals surface area contributed by atoms with Gasteiger partial charge in [0.1, 0.15) is 0 Å². The topological polar surface area (TPSA) is 42.0 Å². The number of benzene rings is 1. The van der Waals surface area contributed by atoms with Gasteiger partial charge in [0, 0.05) is 31.4 Å². The van der Waals surface area contributed by atoms with E-state index in [2.05, 4.69) is 53.6 Å². The molecule has 0 saturated heterocycles. The molecule has 3 heteroatoms. The lowest BCUT2D eigenvalue weighted by molar-refractivity contribution is -0.118. The molecular weight excluding hydrogens is 296 g/mol. The van der Waals surface area contributed by atoms with E-state index in [0.717, 1.165) is 18.4 Å². The van der Waals surface area contributed by atoms with Gasteiger partial charge in [-0.25, -0.2) is 0 Å². The normalized spacial score (nSPS) is 11.3. The van der Waals surface area contributed by atoms with Crippen LogP contribution in [0.15, 0.2) is 54.9 Å². The second-order valence-corrected chi connectivity index (χ2v) is 5.93. The SMILES string of the molecule is CCCCC=C(c1ccc(CCNC(C)=O)cc1)c1cccnc1. The highest BCUT2D eigenvalue weighted by Crippen LogP contribution is 2.24. The molecule has 0 aliphatic carbocycles. The van der Waals surface area contributed by atoms with E-state index in [9.17, 15) is 4.79 Å². The number of hydrogen-bond acceptors (Lipinski definition) is 2. The van der Waals surface area contributed by atoms with Crippen molar-refractivity contribution in [1.29, 1.82) is 0 Å². The van der Waals surface area contributed by atoms with Crippen molar-refractivity contribution in [2.24, 2.45) is 0 Å². The average Bonchev–Trinajstić information content (AvgIpc) is 2.60. The number of unbranched alkanes of at least 4 members (excludes halogenated alkanes) is 2. The first kappa shape index (κ1) is 17.9. The Balaban J connectivity index is 2.14. The van der Waals surface area contributed by atoms with Crippen LogP contribution in [-0.2, 0) is 11.2 Å². The van der Waals surface area contributed by atoms with Crippen molar-refractivity contribution < 1.29 is 4.79 Å². The minimum absolute atomic E-state index is 0.0179. The summed E-state index contributed by atoms with van der Waals surface area (Å²) in [5, 5.41) is 2.83. The predicted octanol–water partition coefficient (Wildman–Crippen LogP) is 4.38. The largest absolute Gasteiger partial charge is 0.356 e. The van der Waals surface area contributed by atoms with Gasteiger partial charge in [-0.2, -0.15) is 0 Å². The summed E-state index contributed by atoms with van der Waals surface area (Å²) in [6.45, 7) is 4.43. The lowest BCUT2D eigenvalue weighted by atomic mass is 9.96. The van der Waals surface area contributed by atoms with Gasteiger partial charge >= 0.3 is 0 Å². The number of nitrogens with one attached hydrogen (secondary N) is 1. The third-order valence-electron chi connectivity index (χ3n) is 3.93. The minimum atomic E-state index is 0.0179. The van der Waals surface area contributed by atoms with Crippen molar-refractivity contribution in [1.82, 2.24) is 10.3 Å². The van der Waals surface area contributed by atoms with Gasteiger partial charge in [-0.3, -0.25) is 9.78 Å². The monoisotopic (exact) mass is 322 g/mol. The molecule has 1 aromatic heterocycles. The maximum atomic E-state index is 10.9. The van der Waals surface area contributed by atoms with Gasteiger partial charge in [0.05, 0.1) is 0 Å². The number of carbonyl (C=O) groups excluding carboxylic acids is 1. The molecule has 3 nitrogen and oxygen atoms in total. The van der Waals surface area contributed by atoms with Crippen LogP contribution < -0.4 is 5.32 Å². The molecule has 2 aromatic rings. The van der Waals surface area contributed by atoms with Crippen LogP contribution in [0.1, 0.15) is 49.8 Å². The van der Waals surface area contributed by atoms with Crippen molar-refractivity contribution in [3.63, 3.8) is 0 Å². The summed E-state index contributed by atoms with van der Waals surface area (Å²) in [4.78, 5) is 15.2. The molecule has 2 rings (SSSR count). The van der Waals surface area contributed by atoms with Crippen LogP contribution in [0.2, 0.25) is 0 Å². The molecule has 0 saturated carbocycles. The number of amides is 1. The van der Waals surface area contributed by atoms with Crippen molar-refractivity contribution in [3.8, 4) is 0 Å². The Hall–Kier alpha value is -2.42. The van der Waals surface area contributed by atoms with Crippen molar-refractivity contribution in [2.45, 2.75) is 39.5 Å². The standard InChI is InChI=1S/C21H26N2O/c1-3-4-5-8-21(20-7-6-14-22-16-20)19-11-9-18(10-12-19)13-15-23-17(2)24/h6-12,14,16H,3-5,13,15H2,1-2H3,(H,23,24). The van der Waals surface area contributed by atoms with E-state index in [1.165, 1.54) is 29.5 Å². The summed E-state index contributed by atoms with van der Waals surface area (Å²) in [7, 11) is 0. The van der Waals surface area contributed by atoms with Gasteiger partial charge in [-0.05, 0) is 35.6 Å². The molecular formula is C21H26N2O. The zero-order valence-corrected chi connectivity index (χ0v) is 14.6. The number of aromatic nitrogens is 1. The maximum absolute atomic E-state index is 10.9. The summed E-state index contributed by atoms with van der Waals surface area (Å²) in [5.74, 6) is 0.0179. The van der Waals surface area contributed by atoms with Gasteiger partial charge in [-0.15, -0.1) is 0 Å². The number of nitrogens with zero attached hydrogens (tertiary/aromatic N) is 1. The number of pyridine rings is 1. The number of allylic oxidation sites excluding steroid dienone is 1. The second kappa shape index (κ2) is 9.66. The summed E-state index contributed by atoms with van der Waals surface area (Å²) in [6.07, 6.45) is 10.3. The van der Waals surface area contributed by atoms with Gasteiger partial charge in [0.25, 0.3) is 0 Å². The highest BCUT2D eigenvalue weighted by molar-refractivity contribution is 5.79. The Morgan fingerprint density at radius 1 is 1.17 bits per heavy atom. The third kappa shape index (κ3) is 5.65. The molecule has 1 heterocycles. The molecule has 0 aliphatic rings. The highest BCUT2D eigenvalue weighted by Gasteiger charge is 2.05. The molecule has 0 unspecified atom stereocenters. The molecule has 0 atom stereocenters. The van der Waals surface area contributed by atoms with E-state index in [4.69, 9.17) is 0 Å². The molecule has 0 radical (unpaired) electrons. The van der Waals surface area contributed by atoms with Crippen molar-refractivity contribution in [2.75, 3.05) is 6.54 Å². The molecule has 0 bridgehead atoms. The quantitative estimate of drug-likeness (QED) is 0.733. The van der Waals surface area contributed by atoms with Crippen LogP contribution in [0.25, 0.3) is 5.57 Å². The zero-order valence-electron chi connectivity index (χ0n) is 14.6. The number of rotatable bonds is 8. The average molecular weight is 322 g/mol. The van der Waals surface area contributed by atoms with Crippen LogP contribution in [0.3, 0.4) is 0 Å². The van der Waals surface area contributed by atoms with Crippen LogP contribution in [0.5, 0.6) is 0 Å². The van der Waals surface area contributed by atoms with Crippen LogP contribution >= 0.6 is 0 Å². The summed E-state index contributed by atoms with van der Waals surface area (Å²) < 4.78 is 0. The molecule has 126 valence electrons. The van der Waals surface area contributed by atoms with E-state index in [1.807, 2.05) is 12.3 Å². The number of hydrogen-bond donors (Lipinski definition) is 1. The highest BCUT2D eigenvalue weighted by atomic mass is 16.1. The number of carbonyl (C=O) groups is 1. The first-order chi connectivity index (χ1) is 11.7. The first-order valence-electron chi connectivity index (χ1n) is 8.65. The lowest BCUT2D eigenvalue weighted by Crippen LogP contribution is -2.22. The van der Waals surface area contributed by atoms with Gasteiger partial charge in [0.15, 0.2) is 0 Å². The van der Waals surface area contributed by atoms with Crippen LogP contribution in [0, 0.1) is 0 Å². The van der Waals surface area contributed by atoms with E-state index < -0.39 is 0 Å². The van der Waals surface area contributed by atoms with E-state index in [-0.39, 0.29) is 5.91 Å². The van der Waals surface area contributed by atoms with E-state index in [0.29, 0.717) is 6.54 Å². The van der Waals surface area contributed by atoms with Gasteiger partial charge in [-0.1, -0.05) is 56.2 Å². The Morgan fingerprint density at radius 2 is 1.96 bits per heavy atom. The maximum Gasteiger partial charge on any atom is 0.216 e. The van der Waals surface area contributed by atoms with Gasteiger partial charge in [0.2, 0.25) is 5.91 Å². The van der Waals surface area contributed by atoms with Crippen molar-refractivity contribution >= 4 is 11.5 Å². The lowest BCUT2D eigenvalue weighted by Gasteiger charge is -2.10. The fraction of sp³-hybridized carbons (Fsp3) is 0.333. The Bertz CT molecular complexity index is 660. The molecule has 1 amide bonds. The first-order valence-corrected chi connectivity index (χ1v) is 8.65. The molecule has 24 heavy (non-hydrogen) atoms. The summed E-state index contributed by atoms with van der Waals surface area (Å²) >= 11 is 0. The summed E-state index contributed by atoms with van der Waals surface area (Å²) in [6, 6.07) is 12.7.